The molecule has 1 aromatic heterocycles. The van der Waals surface area contributed by atoms with Crippen molar-refractivity contribution < 1.29 is 18.8 Å². The summed E-state index contributed by atoms with van der Waals surface area (Å²) in [5.41, 5.74) is 1.60. The van der Waals surface area contributed by atoms with Gasteiger partial charge in [0.05, 0.1) is 6.54 Å². The Labute approximate surface area is 145 Å². The van der Waals surface area contributed by atoms with E-state index in [0.717, 1.165) is 29.9 Å². The number of amides is 1. The number of hydrogen-bond donors (Lipinski definition) is 1. The molecule has 1 atom stereocenters. The van der Waals surface area contributed by atoms with Crippen molar-refractivity contribution in [1.82, 2.24) is 15.4 Å². The highest BCUT2D eigenvalue weighted by molar-refractivity contribution is 5.83. The van der Waals surface area contributed by atoms with Crippen LogP contribution in [0.2, 0.25) is 0 Å². The predicted molar refractivity (Wildman–Crippen MR) is 89.3 cm³/mol. The quantitative estimate of drug-likeness (QED) is 0.866. The Morgan fingerprint density at radius 1 is 1.28 bits per heavy atom. The van der Waals surface area contributed by atoms with Crippen LogP contribution in [0.3, 0.4) is 0 Å². The Kier molecular flexibility index (Phi) is 4.09. The Balaban J connectivity index is 1.45. The zero-order valence-electron chi connectivity index (χ0n) is 14.3. The molecule has 7 heteroatoms. The van der Waals surface area contributed by atoms with E-state index in [0.29, 0.717) is 24.0 Å². The maximum absolute atomic E-state index is 12.7. The molecule has 1 amide bonds. The number of aromatic nitrogens is 1. The van der Waals surface area contributed by atoms with E-state index in [1.54, 1.807) is 0 Å². The van der Waals surface area contributed by atoms with Crippen molar-refractivity contribution in [3.63, 3.8) is 0 Å². The topological polar surface area (TPSA) is 76.8 Å². The highest BCUT2D eigenvalue weighted by atomic mass is 16.7. The van der Waals surface area contributed by atoms with Gasteiger partial charge in [-0.3, -0.25) is 9.69 Å². The molecule has 0 bridgehead atoms. The first-order valence-corrected chi connectivity index (χ1v) is 8.41. The molecule has 1 saturated carbocycles. The average molecular weight is 343 g/mol. The third-order valence-electron chi connectivity index (χ3n) is 4.48. The zero-order valence-corrected chi connectivity index (χ0v) is 14.3. The number of benzene rings is 1. The van der Waals surface area contributed by atoms with Gasteiger partial charge < -0.3 is 19.3 Å². The van der Waals surface area contributed by atoms with Gasteiger partial charge in [0, 0.05) is 12.0 Å². The molecule has 25 heavy (non-hydrogen) atoms. The Hall–Kier alpha value is -2.54. The zero-order chi connectivity index (χ0) is 17.4. The minimum atomic E-state index is -0.427. The fraction of sp³-hybridized carbons (Fsp3) is 0.444. The van der Waals surface area contributed by atoms with E-state index in [-0.39, 0.29) is 12.7 Å². The second-order valence-corrected chi connectivity index (χ2v) is 6.69. The molecule has 0 saturated heterocycles. The van der Waals surface area contributed by atoms with Gasteiger partial charge in [0.1, 0.15) is 17.5 Å². The number of nitrogens with one attached hydrogen (secondary N) is 1. The number of ether oxygens (including phenoxy) is 2. The van der Waals surface area contributed by atoms with Crippen LogP contribution in [-0.4, -0.2) is 36.9 Å². The molecular weight excluding hydrogens is 322 g/mol. The predicted octanol–water partition coefficient (Wildman–Crippen LogP) is 2.20. The van der Waals surface area contributed by atoms with E-state index in [1.165, 1.54) is 0 Å². The van der Waals surface area contributed by atoms with Gasteiger partial charge in [0.2, 0.25) is 12.7 Å². The smallest absolute Gasteiger partial charge is 0.242 e. The maximum atomic E-state index is 12.7. The minimum Gasteiger partial charge on any atom is -0.454 e. The first-order valence-electron chi connectivity index (χ1n) is 8.41. The van der Waals surface area contributed by atoms with Crippen LogP contribution < -0.4 is 14.8 Å². The molecule has 132 valence electrons. The molecule has 4 rings (SSSR count). The Morgan fingerprint density at radius 2 is 2.08 bits per heavy atom. The summed E-state index contributed by atoms with van der Waals surface area (Å²) in [5, 5.41) is 6.98. The standard InChI is InChI=1S/C18H21N3O4/c1-21(2)17(12-5-6-14-16(7-12)24-10-23-14)18(22)19-9-13-8-15(25-20-13)11-3-4-11/h5-8,11,17H,3-4,9-10H2,1-2H3,(H,19,22)/t17-/m1/s1. The molecule has 0 radical (unpaired) electrons. The Bertz CT molecular complexity index is 782. The van der Waals surface area contributed by atoms with Crippen molar-refractivity contribution in [2.75, 3.05) is 20.9 Å². The van der Waals surface area contributed by atoms with E-state index in [4.69, 9.17) is 14.0 Å². The number of rotatable bonds is 6. The molecule has 1 N–H and O–H groups in total. The van der Waals surface area contributed by atoms with Crippen molar-refractivity contribution in [3.8, 4) is 11.5 Å². The highest BCUT2D eigenvalue weighted by Gasteiger charge is 2.28. The van der Waals surface area contributed by atoms with Crippen LogP contribution in [0.5, 0.6) is 11.5 Å². The van der Waals surface area contributed by atoms with Crippen LogP contribution in [0.15, 0.2) is 28.8 Å². The van der Waals surface area contributed by atoms with Crippen LogP contribution in [-0.2, 0) is 11.3 Å². The van der Waals surface area contributed by atoms with Crippen molar-refractivity contribution in [2.24, 2.45) is 0 Å². The maximum Gasteiger partial charge on any atom is 0.242 e. The number of nitrogens with zero attached hydrogens (tertiary/aromatic N) is 2. The fourth-order valence-corrected chi connectivity index (χ4v) is 3.01. The lowest BCUT2D eigenvalue weighted by Gasteiger charge is -2.23. The number of likely N-dealkylation sites (N-methyl/N-ethyl adjacent to an activating group) is 1. The molecular formula is C18H21N3O4. The summed E-state index contributed by atoms with van der Waals surface area (Å²) in [5.74, 6) is 2.71. The van der Waals surface area contributed by atoms with E-state index < -0.39 is 6.04 Å². The molecule has 2 aliphatic rings. The van der Waals surface area contributed by atoms with Crippen molar-refractivity contribution in [1.29, 1.82) is 0 Å². The first-order chi connectivity index (χ1) is 12.1. The number of carbonyl (C=O) groups excluding carboxylic acids is 1. The summed E-state index contributed by atoms with van der Waals surface area (Å²) < 4.78 is 16.1. The van der Waals surface area contributed by atoms with Crippen molar-refractivity contribution in [2.45, 2.75) is 31.3 Å². The van der Waals surface area contributed by atoms with Gasteiger partial charge in [-0.05, 0) is 44.6 Å². The van der Waals surface area contributed by atoms with Crippen LogP contribution >= 0.6 is 0 Å². The lowest BCUT2D eigenvalue weighted by molar-refractivity contribution is -0.126. The first kappa shape index (κ1) is 16.0. The number of carbonyl (C=O) groups is 1. The van der Waals surface area contributed by atoms with E-state index in [2.05, 4.69) is 10.5 Å². The van der Waals surface area contributed by atoms with Gasteiger partial charge >= 0.3 is 0 Å². The summed E-state index contributed by atoms with van der Waals surface area (Å²) in [6, 6.07) is 7.08. The molecule has 7 nitrogen and oxygen atoms in total. The van der Waals surface area contributed by atoms with Gasteiger partial charge in [-0.15, -0.1) is 0 Å². The van der Waals surface area contributed by atoms with E-state index in [9.17, 15) is 4.79 Å². The fourth-order valence-electron chi connectivity index (χ4n) is 3.01. The summed E-state index contributed by atoms with van der Waals surface area (Å²) in [6.45, 7) is 0.567. The molecule has 0 spiro atoms. The normalized spacial score (nSPS) is 16.9. The lowest BCUT2D eigenvalue weighted by atomic mass is 10.0. The van der Waals surface area contributed by atoms with Gasteiger partial charge in [0.25, 0.3) is 0 Å². The summed E-state index contributed by atoms with van der Waals surface area (Å²) in [6.07, 6.45) is 2.32. The van der Waals surface area contributed by atoms with Crippen LogP contribution in [0, 0.1) is 0 Å². The minimum absolute atomic E-state index is 0.0974. The van der Waals surface area contributed by atoms with E-state index >= 15 is 0 Å². The van der Waals surface area contributed by atoms with E-state index in [1.807, 2.05) is 43.3 Å². The molecule has 1 aromatic carbocycles. The van der Waals surface area contributed by atoms with Gasteiger partial charge in [0.15, 0.2) is 11.5 Å². The van der Waals surface area contributed by atoms with Crippen LogP contribution in [0.1, 0.15) is 41.8 Å². The number of fused-ring (bicyclic) bond motifs is 1. The summed E-state index contributed by atoms with van der Waals surface area (Å²) >= 11 is 0. The summed E-state index contributed by atoms with van der Waals surface area (Å²) in [7, 11) is 3.74. The molecule has 2 heterocycles. The molecule has 2 aromatic rings. The average Bonchev–Trinajstić information content (AvgIpc) is 3.15. The monoisotopic (exact) mass is 343 g/mol. The van der Waals surface area contributed by atoms with Crippen molar-refractivity contribution >= 4 is 5.91 Å². The lowest BCUT2D eigenvalue weighted by Crippen LogP contribution is -2.36. The van der Waals surface area contributed by atoms with Gasteiger partial charge in [-0.25, -0.2) is 0 Å². The Morgan fingerprint density at radius 3 is 2.84 bits per heavy atom. The van der Waals surface area contributed by atoms with Crippen LogP contribution in [0.25, 0.3) is 0 Å². The van der Waals surface area contributed by atoms with Gasteiger partial charge in [-0.1, -0.05) is 11.2 Å². The molecule has 0 unspecified atom stereocenters. The molecule has 1 aliphatic heterocycles. The second kappa shape index (κ2) is 6.40. The largest absolute Gasteiger partial charge is 0.454 e. The SMILES string of the molecule is CN(C)[C@@H](C(=O)NCc1cc(C2CC2)on1)c1ccc2c(c1)OCO2. The molecule has 1 aliphatic carbocycles. The highest BCUT2D eigenvalue weighted by Crippen LogP contribution is 2.40. The third-order valence-corrected chi connectivity index (χ3v) is 4.48. The van der Waals surface area contributed by atoms with Crippen molar-refractivity contribution in [3.05, 3.63) is 41.3 Å². The third kappa shape index (κ3) is 3.32. The van der Waals surface area contributed by atoms with Crippen LogP contribution in [0.4, 0.5) is 0 Å². The van der Waals surface area contributed by atoms with Gasteiger partial charge in [-0.2, -0.15) is 0 Å². The summed E-state index contributed by atoms with van der Waals surface area (Å²) in [4.78, 5) is 14.6. The molecule has 1 fully saturated rings. The number of hydrogen-bond acceptors (Lipinski definition) is 6. The second-order valence-electron chi connectivity index (χ2n) is 6.69.